The van der Waals surface area contributed by atoms with E-state index in [1.165, 1.54) is 18.5 Å². The average Bonchev–Trinajstić information content (AvgIpc) is 3.53. The molecule has 228 valence electrons. The van der Waals surface area contributed by atoms with E-state index < -0.39 is 30.0 Å². The number of nitrogens with one attached hydrogen (secondary N) is 4. The lowest BCUT2D eigenvalue weighted by molar-refractivity contribution is -0.206. The summed E-state index contributed by atoms with van der Waals surface area (Å²) < 4.78 is 55.7. The minimum atomic E-state index is -4.47. The van der Waals surface area contributed by atoms with E-state index >= 15 is 0 Å². The van der Waals surface area contributed by atoms with Crippen molar-refractivity contribution in [3.8, 4) is 6.07 Å². The average molecular weight is 625 g/mol. The molecular formula is C31H29ClF4N8. The third-order valence-electron chi connectivity index (χ3n) is 8.35. The van der Waals surface area contributed by atoms with Gasteiger partial charge in [-0.1, -0.05) is 23.7 Å². The molecule has 13 heteroatoms. The van der Waals surface area contributed by atoms with E-state index in [1.54, 1.807) is 30.3 Å². The summed E-state index contributed by atoms with van der Waals surface area (Å²) in [4.78, 5) is 8.57. The predicted octanol–water partition coefficient (Wildman–Crippen LogP) is 7.32. The van der Waals surface area contributed by atoms with Crippen LogP contribution in [0, 0.1) is 22.6 Å². The van der Waals surface area contributed by atoms with Crippen LogP contribution in [0.2, 0.25) is 5.02 Å². The third kappa shape index (κ3) is 5.31. The number of hydrogen-bond acceptors (Lipinski definition) is 8. The summed E-state index contributed by atoms with van der Waals surface area (Å²) in [5, 5.41) is 19.3. The zero-order valence-corrected chi connectivity index (χ0v) is 24.8. The minimum absolute atomic E-state index is 0.0396. The van der Waals surface area contributed by atoms with Crippen LogP contribution in [-0.2, 0) is 0 Å². The highest BCUT2D eigenvalue weighted by atomic mass is 35.5. The lowest BCUT2D eigenvalue weighted by Crippen LogP contribution is -2.43. The van der Waals surface area contributed by atoms with Crippen LogP contribution in [0.5, 0.6) is 0 Å². The summed E-state index contributed by atoms with van der Waals surface area (Å²) >= 11 is 6.69. The summed E-state index contributed by atoms with van der Waals surface area (Å²) in [5.74, 6) is -0.456. The Labute approximate surface area is 256 Å². The van der Waals surface area contributed by atoms with E-state index in [2.05, 4.69) is 38.5 Å². The van der Waals surface area contributed by atoms with Crippen molar-refractivity contribution in [3.05, 3.63) is 82.7 Å². The molecule has 1 fully saturated rings. The lowest BCUT2D eigenvalue weighted by atomic mass is 9.92. The molecule has 0 unspecified atom stereocenters. The first kappa shape index (κ1) is 29.7. The van der Waals surface area contributed by atoms with Gasteiger partial charge in [0.15, 0.2) is 0 Å². The molecule has 0 saturated heterocycles. The van der Waals surface area contributed by atoms with Crippen LogP contribution < -0.4 is 21.6 Å². The molecule has 4 aromatic rings. The highest BCUT2D eigenvalue weighted by Crippen LogP contribution is 2.43. The number of pyridine rings is 2. The second-order valence-corrected chi connectivity index (χ2v) is 12.5. The van der Waals surface area contributed by atoms with E-state index in [4.69, 9.17) is 11.6 Å². The molecule has 0 radical (unpaired) electrons. The Kier molecular flexibility index (Phi) is 7.21. The largest absolute Gasteiger partial charge is 0.395 e. The molecule has 3 heterocycles. The van der Waals surface area contributed by atoms with Crippen molar-refractivity contribution >= 4 is 44.8 Å². The second kappa shape index (κ2) is 10.7. The second-order valence-electron chi connectivity index (χ2n) is 12.0. The van der Waals surface area contributed by atoms with Crippen LogP contribution in [0.4, 0.5) is 28.9 Å². The monoisotopic (exact) mass is 624 g/mol. The molecular weight excluding hydrogens is 596 g/mol. The van der Waals surface area contributed by atoms with Crippen molar-refractivity contribution in [2.24, 2.45) is 5.41 Å². The Morgan fingerprint density at radius 2 is 1.91 bits per heavy atom. The first-order valence-corrected chi connectivity index (χ1v) is 14.3. The number of alkyl halides is 3. The Balaban J connectivity index is 1.45. The van der Waals surface area contributed by atoms with Gasteiger partial charge in [-0.15, -0.1) is 5.53 Å². The van der Waals surface area contributed by atoms with Crippen molar-refractivity contribution in [2.45, 2.75) is 51.4 Å². The van der Waals surface area contributed by atoms with Gasteiger partial charge in [0.1, 0.15) is 17.4 Å². The third-order valence-corrected chi connectivity index (χ3v) is 8.64. The SMILES string of the molecule is CC1(N2C=C([C@@H](Nc3cc(Cl)c4ncc(C#N)c(NCC(C)(C)C(F)(F)F)c4c3)c3ccc(F)c4ncccc34)NN2)CC1. The van der Waals surface area contributed by atoms with Crippen molar-refractivity contribution in [1.29, 1.82) is 5.26 Å². The van der Waals surface area contributed by atoms with Gasteiger partial charge >= 0.3 is 6.18 Å². The molecule has 2 aromatic heterocycles. The zero-order chi connectivity index (χ0) is 31.4. The smallest absolute Gasteiger partial charge is 0.382 e. The first-order chi connectivity index (χ1) is 20.8. The summed E-state index contributed by atoms with van der Waals surface area (Å²) in [7, 11) is 0. The van der Waals surface area contributed by atoms with Crippen LogP contribution in [0.15, 0.2) is 60.7 Å². The molecule has 0 spiro atoms. The molecule has 0 bridgehead atoms. The zero-order valence-electron chi connectivity index (χ0n) is 24.1. The van der Waals surface area contributed by atoms with E-state index in [1.807, 2.05) is 17.3 Å². The molecule has 1 aliphatic carbocycles. The standard InChI is InChI=1S/C31H29ClF4N8/c1-29(2,31(34,35)36)16-40-25-17(13-37)14-39-26-21(25)11-18(12-22(26)32)41-28(24-15-44(43-42-24)30(3)8-9-30)20-6-7-23(33)27-19(20)5-4-10-38-27/h4-7,10-12,14-15,28,41-43H,8-9,16H2,1-3H3,(H,39,40)/t28-/m0/s1. The van der Waals surface area contributed by atoms with E-state index in [0.717, 1.165) is 37.9 Å². The van der Waals surface area contributed by atoms with Gasteiger partial charge in [0.25, 0.3) is 0 Å². The Morgan fingerprint density at radius 3 is 2.61 bits per heavy atom. The van der Waals surface area contributed by atoms with E-state index in [-0.39, 0.29) is 27.3 Å². The summed E-state index contributed by atoms with van der Waals surface area (Å²) in [6.45, 7) is 3.83. The predicted molar refractivity (Wildman–Crippen MR) is 162 cm³/mol. The molecule has 8 nitrogen and oxygen atoms in total. The maximum absolute atomic E-state index is 14.8. The number of fused-ring (bicyclic) bond motifs is 2. The van der Waals surface area contributed by atoms with Gasteiger partial charge < -0.3 is 16.1 Å². The van der Waals surface area contributed by atoms with E-state index in [0.29, 0.717) is 22.0 Å². The number of hydrogen-bond donors (Lipinski definition) is 4. The number of hydrazine groups is 2. The number of anilines is 2. The van der Waals surface area contributed by atoms with Crippen LogP contribution in [-0.4, -0.2) is 33.2 Å². The van der Waals surface area contributed by atoms with Crippen molar-refractivity contribution in [1.82, 2.24) is 25.9 Å². The summed E-state index contributed by atoms with van der Waals surface area (Å²) in [5.41, 5.74) is 7.10. The topological polar surface area (TPSA) is 101 Å². The number of rotatable bonds is 8. The minimum Gasteiger partial charge on any atom is -0.382 e. The van der Waals surface area contributed by atoms with Gasteiger partial charge in [-0.05, 0) is 63.4 Å². The number of nitriles is 1. The Bertz CT molecular complexity index is 1850. The number of halogens is 5. The lowest BCUT2D eigenvalue weighted by Gasteiger charge is -2.29. The Hall–Kier alpha value is -4.34. The number of nitrogens with zero attached hydrogens (tertiary/aromatic N) is 4. The normalized spacial score (nSPS) is 16.8. The van der Waals surface area contributed by atoms with Gasteiger partial charge in [-0.3, -0.25) is 15.0 Å². The van der Waals surface area contributed by atoms with Crippen LogP contribution >= 0.6 is 11.6 Å². The quantitative estimate of drug-likeness (QED) is 0.151. The van der Waals surface area contributed by atoms with Gasteiger partial charge in [0.05, 0.1) is 44.5 Å². The molecule has 1 atom stereocenters. The van der Waals surface area contributed by atoms with Crippen molar-refractivity contribution in [2.75, 3.05) is 17.2 Å². The van der Waals surface area contributed by atoms with Crippen LogP contribution in [0.25, 0.3) is 21.8 Å². The molecule has 0 amide bonds. The van der Waals surface area contributed by atoms with Crippen molar-refractivity contribution < 1.29 is 17.6 Å². The van der Waals surface area contributed by atoms with E-state index in [9.17, 15) is 22.8 Å². The highest BCUT2D eigenvalue weighted by molar-refractivity contribution is 6.35. The highest BCUT2D eigenvalue weighted by Gasteiger charge is 2.47. The Morgan fingerprint density at radius 1 is 1.14 bits per heavy atom. The van der Waals surface area contributed by atoms with Gasteiger partial charge in [0, 0.05) is 41.6 Å². The molecule has 2 aliphatic rings. The van der Waals surface area contributed by atoms with Crippen LogP contribution in [0.3, 0.4) is 0 Å². The van der Waals surface area contributed by atoms with Gasteiger partial charge in [-0.2, -0.15) is 18.4 Å². The van der Waals surface area contributed by atoms with Gasteiger partial charge in [0.2, 0.25) is 0 Å². The summed E-state index contributed by atoms with van der Waals surface area (Å²) in [6.07, 6.45) is 2.34. The first-order valence-electron chi connectivity index (χ1n) is 14.0. The number of aromatic nitrogens is 2. The maximum Gasteiger partial charge on any atom is 0.395 e. The molecule has 44 heavy (non-hydrogen) atoms. The maximum atomic E-state index is 14.8. The summed E-state index contributed by atoms with van der Waals surface area (Å²) in [6, 6.07) is 11.4. The molecule has 1 saturated carbocycles. The van der Waals surface area contributed by atoms with Gasteiger partial charge in [-0.25, -0.2) is 4.39 Å². The fourth-order valence-corrected chi connectivity index (χ4v) is 5.39. The molecule has 6 rings (SSSR count). The molecule has 4 N–H and O–H groups in total. The molecule has 1 aliphatic heterocycles. The fraction of sp³-hybridized carbons (Fsp3) is 0.323. The fourth-order valence-electron chi connectivity index (χ4n) is 5.12. The molecule has 2 aromatic carbocycles. The van der Waals surface area contributed by atoms with Crippen molar-refractivity contribution in [3.63, 3.8) is 0 Å². The van der Waals surface area contributed by atoms with Crippen LogP contribution in [0.1, 0.15) is 50.8 Å². The number of benzene rings is 2.